The second-order valence-electron chi connectivity index (χ2n) is 4.54. The number of nitrogens with one attached hydrogen (secondary N) is 1. The van der Waals surface area contributed by atoms with Crippen LogP contribution in [0, 0.1) is 0 Å². The van der Waals surface area contributed by atoms with E-state index in [1.165, 1.54) is 47.9 Å². The Morgan fingerprint density at radius 2 is 2.12 bits per heavy atom. The highest BCUT2D eigenvalue weighted by atomic mass is 79.9. The van der Waals surface area contributed by atoms with E-state index in [0.29, 0.717) is 6.04 Å². The molecule has 0 aliphatic carbocycles. The molecule has 1 unspecified atom stereocenters. The summed E-state index contributed by atoms with van der Waals surface area (Å²) in [5.41, 5.74) is 0. The molecule has 98 valence electrons. The standard InChI is InChI=1S/C14H24BrNS/c1-3-5-6-7-12(16-9-4-2)11-14-13(15)8-10-17-14/h8,10,12,16H,3-7,9,11H2,1-2H3. The van der Waals surface area contributed by atoms with Crippen LogP contribution in [0.2, 0.25) is 0 Å². The van der Waals surface area contributed by atoms with Gasteiger partial charge in [-0.3, -0.25) is 0 Å². The molecule has 1 nitrogen and oxygen atoms in total. The smallest absolute Gasteiger partial charge is 0.0314 e. The van der Waals surface area contributed by atoms with E-state index in [2.05, 4.69) is 46.5 Å². The van der Waals surface area contributed by atoms with Crippen LogP contribution in [0.3, 0.4) is 0 Å². The summed E-state index contributed by atoms with van der Waals surface area (Å²) >= 11 is 5.49. The molecule has 1 aromatic rings. The molecule has 0 saturated heterocycles. The van der Waals surface area contributed by atoms with Gasteiger partial charge in [0.15, 0.2) is 0 Å². The van der Waals surface area contributed by atoms with Crippen molar-refractivity contribution in [2.75, 3.05) is 6.54 Å². The average Bonchev–Trinajstić information content (AvgIpc) is 2.72. The lowest BCUT2D eigenvalue weighted by atomic mass is 10.0. The van der Waals surface area contributed by atoms with Crippen molar-refractivity contribution in [1.82, 2.24) is 5.32 Å². The number of hydrogen-bond acceptors (Lipinski definition) is 2. The molecule has 1 heterocycles. The average molecular weight is 318 g/mol. The normalized spacial score (nSPS) is 12.9. The Bertz CT molecular complexity index is 298. The zero-order valence-electron chi connectivity index (χ0n) is 11.0. The zero-order valence-corrected chi connectivity index (χ0v) is 13.4. The van der Waals surface area contributed by atoms with Gasteiger partial charge in [0.25, 0.3) is 0 Å². The quantitative estimate of drug-likeness (QED) is 0.632. The number of rotatable bonds is 9. The van der Waals surface area contributed by atoms with Crippen LogP contribution in [0.1, 0.15) is 50.8 Å². The van der Waals surface area contributed by atoms with Crippen LogP contribution in [0.4, 0.5) is 0 Å². The van der Waals surface area contributed by atoms with Crippen LogP contribution in [0.25, 0.3) is 0 Å². The Morgan fingerprint density at radius 3 is 2.71 bits per heavy atom. The molecule has 0 radical (unpaired) electrons. The third-order valence-corrected chi connectivity index (χ3v) is 4.91. The van der Waals surface area contributed by atoms with E-state index in [1.807, 2.05) is 11.3 Å². The molecule has 0 bridgehead atoms. The van der Waals surface area contributed by atoms with Gasteiger partial charge in [0.2, 0.25) is 0 Å². The fourth-order valence-electron chi connectivity index (χ4n) is 1.96. The van der Waals surface area contributed by atoms with Gasteiger partial charge >= 0.3 is 0 Å². The van der Waals surface area contributed by atoms with Crippen LogP contribution in [0.5, 0.6) is 0 Å². The van der Waals surface area contributed by atoms with Gasteiger partial charge in [-0.1, -0.05) is 33.1 Å². The maximum atomic E-state index is 3.68. The van der Waals surface area contributed by atoms with E-state index in [0.717, 1.165) is 6.54 Å². The minimum atomic E-state index is 0.649. The van der Waals surface area contributed by atoms with Crippen LogP contribution in [-0.2, 0) is 6.42 Å². The first kappa shape index (κ1) is 15.2. The lowest BCUT2D eigenvalue weighted by Crippen LogP contribution is -2.31. The van der Waals surface area contributed by atoms with Crippen LogP contribution in [0.15, 0.2) is 15.9 Å². The number of halogens is 1. The first-order valence-corrected chi connectivity index (χ1v) is 8.40. The zero-order chi connectivity index (χ0) is 12.5. The van der Waals surface area contributed by atoms with E-state index < -0.39 is 0 Å². The number of thiophene rings is 1. The second-order valence-corrected chi connectivity index (χ2v) is 6.40. The fourth-order valence-corrected chi connectivity index (χ4v) is 3.56. The van der Waals surface area contributed by atoms with Gasteiger partial charge in [0.05, 0.1) is 0 Å². The van der Waals surface area contributed by atoms with E-state index in [-0.39, 0.29) is 0 Å². The minimum Gasteiger partial charge on any atom is -0.314 e. The monoisotopic (exact) mass is 317 g/mol. The fraction of sp³-hybridized carbons (Fsp3) is 0.714. The molecule has 17 heavy (non-hydrogen) atoms. The van der Waals surface area contributed by atoms with Gasteiger partial charge in [-0.15, -0.1) is 11.3 Å². The topological polar surface area (TPSA) is 12.0 Å². The summed E-state index contributed by atoms with van der Waals surface area (Å²) in [7, 11) is 0. The Morgan fingerprint density at radius 1 is 1.29 bits per heavy atom. The van der Waals surface area contributed by atoms with E-state index in [1.54, 1.807) is 0 Å². The molecule has 1 aromatic heterocycles. The van der Waals surface area contributed by atoms with Crippen molar-refractivity contribution in [2.24, 2.45) is 0 Å². The summed E-state index contributed by atoms with van der Waals surface area (Å²) in [6.45, 7) is 5.64. The third kappa shape index (κ3) is 6.03. The summed E-state index contributed by atoms with van der Waals surface area (Å²) < 4.78 is 1.28. The Hall–Kier alpha value is 0.140. The molecule has 0 spiro atoms. The lowest BCUT2D eigenvalue weighted by Gasteiger charge is -2.18. The van der Waals surface area contributed by atoms with Gasteiger partial charge in [0, 0.05) is 15.4 Å². The molecule has 0 fully saturated rings. The van der Waals surface area contributed by atoms with Crippen molar-refractivity contribution in [3.63, 3.8) is 0 Å². The predicted molar refractivity (Wildman–Crippen MR) is 81.9 cm³/mol. The SMILES string of the molecule is CCCCCC(Cc1sccc1Br)NCCC. The van der Waals surface area contributed by atoms with Crippen molar-refractivity contribution >= 4 is 27.3 Å². The first-order chi connectivity index (χ1) is 8.27. The summed E-state index contributed by atoms with van der Waals surface area (Å²) in [5.74, 6) is 0. The predicted octanol–water partition coefficient (Wildman–Crippen LogP) is 5.00. The van der Waals surface area contributed by atoms with Gasteiger partial charge in [-0.25, -0.2) is 0 Å². The molecule has 1 rings (SSSR count). The molecular formula is C14H24BrNS. The van der Waals surface area contributed by atoms with Gasteiger partial charge in [-0.05, 0) is 53.2 Å². The highest BCUT2D eigenvalue weighted by Gasteiger charge is 2.11. The molecular weight excluding hydrogens is 294 g/mol. The summed E-state index contributed by atoms with van der Waals surface area (Å²) in [5, 5.41) is 5.85. The van der Waals surface area contributed by atoms with E-state index in [4.69, 9.17) is 0 Å². The minimum absolute atomic E-state index is 0.649. The van der Waals surface area contributed by atoms with E-state index >= 15 is 0 Å². The summed E-state index contributed by atoms with van der Waals surface area (Å²) in [6.07, 6.45) is 7.70. The third-order valence-electron chi connectivity index (χ3n) is 2.96. The van der Waals surface area contributed by atoms with Gasteiger partial charge in [-0.2, -0.15) is 0 Å². The Balaban J connectivity index is 2.42. The van der Waals surface area contributed by atoms with Gasteiger partial charge < -0.3 is 5.32 Å². The Kier molecular flexibility index (Phi) is 8.15. The summed E-state index contributed by atoms with van der Waals surface area (Å²) in [4.78, 5) is 1.48. The molecule has 0 aliphatic heterocycles. The molecule has 3 heteroatoms. The summed E-state index contributed by atoms with van der Waals surface area (Å²) in [6, 6.07) is 2.81. The van der Waals surface area contributed by atoms with E-state index in [9.17, 15) is 0 Å². The molecule has 1 N–H and O–H groups in total. The van der Waals surface area contributed by atoms with Crippen LogP contribution in [-0.4, -0.2) is 12.6 Å². The highest BCUT2D eigenvalue weighted by molar-refractivity contribution is 9.10. The lowest BCUT2D eigenvalue weighted by molar-refractivity contribution is 0.458. The highest BCUT2D eigenvalue weighted by Crippen LogP contribution is 2.25. The van der Waals surface area contributed by atoms with Crippen molar-refractivity contribution in [3.8, 4) is 0 Å². The Labute approximate surface area is 118 Å². The van der Waals surface area contributed by atoms with Crippen molar-refractivity contribution in [2.45, 2.75) is 58.4 Å². The van der Waals surface area contributed by atoms with Crippen molar-refractivity contribution < 1.29 is 0 Å². The first-order valence-electron chi connectivity index (χ1n) is 6.73. The van der Waals surface area contributed by atoms with Gasteiger partial charge in [0.1, 0.15) is 0 Å². The molecule has 0 aromatic carbocycles. The molecule has 0 saturated carbocycles. The largest absolute Gasteiger partial charge is 0.314 e. The molecule has 1 atom stereocenters. The van der Waals surface area contributed by atoms with Crippen molar-refractivity contribution in [1.29, 1.82) is 0 Å². The maximum absolute atomic E-state index is 3.68. The van der Waals surface area contributed by atoms with Crippen LogP contribution >= 0.6 is 27.3 Å². The number of hydrogen-bond donors (Lipinski definition) is 1. The van der Waals surface area contributed by atoms with Crippen molar-refractivity contribution in [3.05, 3.63) is 20.8 Å². The number of unbranched alkanes of at least 4 members (excludes halogenated alkanes) is 2. The maximum Gasteiger partial charge on any atom is 0.0314 e. The second kappa shape index (κ2) is 9.12. The molecule has 0 aliphatic rings. The molecule has 0 amide bonds. The van der Waals surface area contributed by atoms with Crippen LogP contribution < -0.4 is 5.32 Å².